The minimum absolute atomic E-state index is 0.365. The highest BCUT2D eigenvalue weighted by molar-refractivity contribution is 5.88. The van der Waals surface area contributed by atoms with Crippen LogP contribution in [0.3, 0.4) is 0 Å². The highest BCUT2D eigenvalue weighted by Gasteiger charge is 2.45. The maximum absolute atomic E-state index is 12.8. The molecule has 0 saturated heterocycles. The summed E-state index contributed by atoms with van der Waals surface area (Å²) in [5, 5.41) is 0. The van der Waals surface area contributed by atoms with Crippen LogP contribution in [0, 0.1) is 0 Å². The van der Waals surface area contributed by atoms with Crippen molar-refractivity contribution in [2.45, 2.75) is 25.4 Å². The molecule has 0 N–H and O–H groups in total. The highest BCUT2D eigenvalue weighted by Crippen LogP contribution is 2.45. The molecule has 0 saturated carbocycles. The first-order valence-electron chi connectivity index (χ1n) is 9.10. The Morgan fingerprint density at radius 3 is 2.00 bits per heavy atom. The van der Waals surface area contributed by atoms with Gasteiger partial charge in [0.1, 0.15) is 0 Å². The maximum Gasteiger partial charge on any atom is 0.334 e. The lowest BCUT2D eigenvalue weighted by atomic mass is 9.80. The molecule has 0 amide bonds. The van der Waals surface area contributed by atoms with Crippen molar-refractivity contribution in [3.05, 3.63) is 113 Å². The number of hydrogen-bond donors (Lipinski definition) is 0. The fraction of sp³-hybridized carbons (Fsp3) is 0.167. The average Bonchev–Trinajstić information content (AvgIpc) is 2.85. The molecule has 4 rings (SSSR count). The SMILES string of the molecule is C=C(C)C(=O)OC1(c2ccccn2)c2ccccc2CCc2ccccc21. The minimum atomic E-state index is -1.10. The minimum Gasteiger partial charge on any atom is -0.439 e. The van der Waals surface area contributed by atoms with Gasteiger partial charge in [0.25, 0.3) is 0 Å². The summed E-state index contributed by atoms with van der Waals surface area (Å²) in [6, 6.07) is 22.0. The van der Waals surface area contributed by atoms with E-state index in [0.717, 1.165) is 35.1 Å². The van der Waals surface area contributed by atoms with Gasteiger partial charge in [0.2, 0.25) is 5.60 Å². The van der Waals surface area contributed by atoms with E-state index in [2.05, 4.69) is 23.7 Å². The third-order valence-corrected chi connectivity index (χ3v) is 5.08. The Bertz CT molecular complexity index is 960. The number of rotatable bonds is 3. The van der Waals surface area contributed by atoms with Crippen molar-refractivity contribution >= 4 is 5.97 Å². The second-order valence-electron chi connectivity index (χ2n) is 6.88. The largest absolute Gasteiger partial charge is 0.439 e. The first kappa shape index (κ1) is 17.2. The van der Waals surface area contributed by atoms with Gasteiger partial charge in [-0.25, -0.2) is 4.79 Å². The molecule has 0 unspecified atom stereocenters. The van der Waals surface area contributed by atoms with Gasteiger partial charge in [-0.2, -0.15) is 0 Å². The molecule has 3 heteroatoms. The lowest BCUT2D eigenvalue weighted by Gasteiger charge is -2.35. The third-order valence-electron chi connectivity index (χ3n) is 5.08. The molecule has 0 spiro atoms. The van der Waals surface area contributed by atoms with Crippen LogP contribution in [0.15, 0.2) is 85.1 Å². The normalized spacial score (nSPS) is 14.4. The van der Waals surface area contributed by atoms with E-state index in [0.29, 0.717) is 11.3 Å². The first-order chi connectivity index (χ1) is 13.1. The number of aromatic nitrogens is 1. The standard InChI is InChI=1S/C24H21NO2/c1-17(2)23(26)27-24(22-13-7-8-16-25-22)20-11-5-3-9-18(20)14-15-19-10-4-6-12-21(19)24/h3-13,16H,1,14-15H2,2H3. The molecule has 0 aliphatic heterocycles. The molecule has 2 aromatic carbocycles. The van der Waals surface area contributed by atoms with E-state index in [4.69, 9.17) is 4.74 Å². The molecular weight excluding hydrogens is 334 g/mol. The number of hydrogen-bond acceptors (Lipinski definition) is 3. The monoisotopic (exact) mass is 355 g/mol. The quantitative estimate of drug-likeness (QED) is 0.509. The molecule has 0 fully saturated rings. The van der Waals surface area contributed by atoms with E-state index in [9.17, 15) is 4.79 Å². The van der Waals surface area contributed by atoms with Crippen LogP contribution < -0.4 is 0 Å². The van der Waals surface area contributed by atoms with Crippen LogP contribution in [0.2, 0.25) is 0 Å². The topological polar surface area (TPSA) is 39.2 Å². The second-order valence-corrected chi connectivity index (χ2v) is 6.88. The molecular formula is C24H21NO2. The zero-order chi connectivity index (χ0) is 18.9. The van der Waals surface area contributed by atoms with Gasteiger partial charge in [-0.1, -0.05) is 61.2 Å². The molecule has 27 heavy (non-hydrogen) atoms. The molecule has 1 aliphatic rings. The summed E-state index contributed by atoms with van der Waals surface area (Å²) in [7, 11) is 0. The number of esters is 1. The lowest BCUT2D eigenvalue weighted by Crippen LogP contribution is -2.37. The van der Waals surface area contributed by atoms with Gasteiger partial charge < -0.3 is 4.74 Å². The van der Waals surface area contributed by atoms with Crippen LogP contribution >= 0.6 is 0 Å². The number of carbonyl (C=O) groups excluding carboxylic acids is 1. The van der Waals surface area contributed by atoms with E-state index in [1.807, 2.05) is 54.6 Å². The molecule has 0 radical (unpaired) electrons. The summed E-state index contributed by atoms with van der Waals surface area (Å²) in [5.74, 6) is -0.424. The predicted octanol–water partition coefficient (Wildman–Crippen LogP) is 4.59. The Labute approximate surface area is 159 Å². The highest BCUT2D eigenvalue weighted by atomic mass is 16.6. The zero-order valence-electron chi connectivity index (χ0n) is 15.3. The zero-order valence-corrected chi connectivity index (χ0v) is 15.3. The van der Waals surface area contributed by atoms with Gasteiger partial charge in [-0.15, -0.1) is 0 Å². The number of aryl methyl sites for hydroxylation is 2. The number of benzene rings is 2. The Morgan fingerprint density at radius 2 is 1.48 bits per heavy atom. The number of nitrogens with zero attached hydrogens (tertiary/aromatic N) is 1. The van der Waals surface area contributed by atoms with Gasteiger partial charge in [-0.3, -0.25) is 4.98 Å². The predicted molar refractivity (Wildman–Crippen MR) is 105 cm³/mol. The molecule has 0 bridgehead atoms. The molecule has 3 aromatic rings. The fourth-order valence-electron chi connectivity index (χ4n) is 3.81. The summed E-state index contributed by atoms with van der Waals surface area (Å²) >= 11 is 0. The van der Waals surface area contributed by atoms with Crippen molar-refractivity contribution in [3.8, 4) is 0 Å². The van der Waals surface area contributed by atoms with Crippen LogP contribution in [0.4, 0.5) is 0 Å². The molecule has 1 aliphatic carbocycles. The van der Waals surface area contributed by atoms with Crippen molar-refractivity contribution in [3.63, 3.8) is 0 Å². The van der Waals surface area contributed by atoms with Crippen LogP contribution in [0.5, 0.6) is 0 Å². The molecule has 1 aromatic heterocycles. The van der Waals surface area contributed by atoms with E-state index >= 15 is 0 Å². The summed E-state index contributed by atoms with van der Waals surface area (Å²) in [4.78, 5) is 17.4. The number of fused-ring (bicyclic) bond motifs is 2. The Kier molecular flexibility index (Phi) is 4.36. The van der Waals surface area contributed by atoms with Crippen molar-refractivity contribution < 1.29 is 9.53 Å². The van der Waals surface area contributed by atoms with Crippen molar-refractivity contribution in [1.82, 2.24) is 4.98 Å². The molecule has 3 nitrogen and oxygen atoms in total. The van der Waals surface area contributed by atoms with Crippen LogP contribution in [-0.4, -0.2) is 11.0 Å². The average molecular weight is 355 g/mol. The fourth-order valence-corrected chi connectivity index (χ4v) is 3.81. The summed E-state index contributed by atoms with van der Waals surface area (Å²) < 4.78 is 6.26. The van der Waals surface area contributed by atoms with Crippen LogP contribution in [0.1, 0.15) is 34.9 Å². The third kappa shape index (κ3) is 2.85. The second kappa shape index (κ2) is 6.84. The maximum atomic E-state index is 12.8. The van der Waals surface area contributed by atoms with Gasteiger partial charge in [0.05, 0.1) is 5.69 Å². The number of ether oxygens (including phenoxy) is 1. The van der Waals surface area contributed by atoms with Crippen molar-refractivity contribution in [2.24, 2.45) is 0 Å². The van der Waals surface area contributed by atoms with E-state index in [1.54, 1.807) is 13.1 Å². The van der Waals surface area contributed by atoms with Gasteiger partial charge in [-0.05, 0) is 43.0 Å². The summed E-state index contributed by atoms with van der Waals surface area (Å²) in [5.41, 5.74) is 4.21. The Balaban J connectivity index is 2.10. The Hall–Kier alpha value is -3.20. The van der Waals surface area contributed by atoms with E-state index < -0.39 is 11.6 Å². The van der Waals surface area contributed by atoms with E-state index in [1.165, 1.54) is 0 Å². The van der Waals surface area contributed by atoms with Crippen LogP contribution in [0.25, 0.3) is 0 Å². The van der Waals surface area contributed by atoms with Gasteiger partial charge in [0, 0.05) is 22.9 Å². The molecule has 0 atom stereocenters. The van der Waals surface area contributed by atoms with Crippen molar-refractivity contribution in [1.29, 1.82) is 0 Å². The smallest absolute Gasteiger partial charge is 0.334 e. The first-order valence-corrected chi connectivity index (χ1v) is 9.10. The number of carbonyl (C=O) groups is 1. The molecule has 1 heterocycles. The van der Waals surface area contributed by atoms with Crippen molar-refractivity contribution in [2.75, 3.05) is 0 Å². The van der Waals surface area contributed by atoms with Gasteiger partial charge in [0.15, 0.2) is 0 Å². The number of pyridine rings is 1. The Morgan fingerprint density at radius 1 is 0.926 bits per heavy atom. The lowest BCUT2D eigenvalue weighted by molar-refractivity contribution is -0.148. The summed E-state index contributed by atoms with van der Waals surface area (Å²) in [6.45, 7) is 5.46. The summed E-state index contributed by atoms with van der Waals surface area (Å²) in [6.07, 6.45) is 3.50. The van der Waals surface area contributed by atoms with Crippen LogP contribution in [-0.2, 0) is 28.0 Å². The van der Waals surface area contributed by atoms with E-state index in [-0.39, 0.29) is 0 Å². The van der Waals surface area contributed by atoms with Gasteiger partial charge >= 0.3 is 5.97 Å². The molecule has 134 valence electrons.